The van der Waals surface area contributed by atoms with Gasteiger partial charge in [-0.25, -0.2) is 0 Å². The van der Waals surface area contributed by atoms with Crippen LogP contribution in [0.1, 0.15) is 23.2 Å². The zero-order valence-corrected chi connectivity index (χ0v) is 13.5. The highest BCUT2D eigenvalue weighted by Crippen LogP contribution is 2.32. The monoisotopic (exact) mass is 349 g/mol. The molecule has 0 bridgehead atoms. The third-order valence-corrected chi connectivity index (χ3v) is 4.20. The first-order chi connectivity index (χ1) is 11.9. The molecule has 1 fully saturated rings. The van der Waals surface area contributed by atoms with Crippen molar-refractivity contribution < 1.29 is 18.0 Å². The molecule has 1 N–H and O–H groups in total. The topological polar surface area (TPSA) is 45.2 Å². The van der Waals surface area contributed by atoms with Crippen LogP contribution in [0.25, 0.3) is 0 Å². The van der Waals surface area contributed by atoms with Crippen LogP contribution in [0.5, 0.6) is 0 Å². The van der Waals surface area contributed by atoms with E-state index in [1.54, 1.807) is 12.3 Å². The van der Waals surface area contributed by atoms with E-state index in [1.807, 2.05) is 18.2 Å². The quantitative estimate of drug-likeness (QED) is 0.903. The van der Waals surface area contributed by atoms with Gasteiger partial charge < -0.3 is 10.2 Å². The van der Waals surface area contributed by atoms with Crippen LogP contribution in [0.2, 0.25) is 0 Å². The predicted octanol–water partition coefficient (Wildman–Crippen LogP) is 2.99. The van der Waals surface area contributed by atoms with Gasteiger partial charge in [-0.15, -0.1) is 0 Å². The molecule has 25 heavy (non-hydrogen) atoms. The van der Waals surface area contributed by atoms with Crippen molar-refractivity contribution in [2.75, 3.05) is 6.54 Å². The van der Waals surface area contributed by atoms with Crippen LogP contribution in [-0.2, 0) is 24.1 Å². The Labute approximate surface area is 143 Å². The normalized spacial score (nSPS) is 18.0. The van der Waals surface area contributed by atoms with E-state index in [4.69, 9.17) is 0 Å². The number of carbonyl (C=O) groups is 1. The maximum absolute atomic E-state index is 13.1. The number of nitrogens with zero attached hydrogens (tertiary/aromatic N) is 2. The molecule has 0 unspecified atom stereocenters. The molecule has 1 aliphatic rings. The summed E-state index contributed by atoms with van der Waals surface area (Å²) >= 11 is 0. The molecule has 2 aromatic rings. The fourth-order valence-electron chi connectivity index (χ4n) is 2.95. The van der Waals surface area contributed by atoms with E-state index in [9.17, 15) is 18.0 Å². The first-order valence-corrected chi connectivity index (χ1v) is 7.99. The molecule has 1 aromatic heterocycles. The summed E-state index contributed by atoms with van der Waals surface area (Å²) in [5.41, 5.74) is 0.289. The van der Waals surface area contributed by atoms with Crippen LogP contribution < -0.4 is 5.32 Å². The molecular weight excluding hydrogens is 331 g/mol. The Morgan fingerprint density at radius 3 is 2.64 bits per heavy atom. The van der Waals surface area contributed by atoms with Crippen LogP contribution in [-0.4, -0.2) is 28.4 Å². The van der Waals surface area contributed by atoms with Crippen LogP contribution in [0.4, 0.5) is 13.2 Å². The number of carbonyl (C=O) groups excluding carboxylic acids is 1. The largest absolute Gasteiger partial charge is 0.416 e. The van der Waals surface area contributed by atoms with Crippen molar-refractivity contribution in [2.45, 2.75) is 31.7 Å². The molecule has 0 spiro atoms. The maximum Gasteiger partial charge on any atom is 0.416 e. The molecule has 1 aromatic carbocycles. The SMILES string of the molecule is O=C1C[C@@H](NCc2ccccn2)CN1Cc1ccccc1C(F)(F)F. The highest BCUT2D eigenvalue weighted by molar-refractivity contribution is 5.79. The Bertz CT molecular complexity index is 734. The van der Waals surface area contributed by atoms with Crippen LogP contribution in [0, 0.1) is 0 Å². The van der Waals surface area contributed by atoms with E-state index >= 15 is 0 Å². The van der Waals surface area contributed by atoms with Gasteiger partial charge in [-0.1, -0.05) is 24.3 Å². The molecule has 1 atom stereocenters. The Balaban J connectivity index is 1.62. The fourth-order valence-corrected chi connectivity index (χ4v) is 2.95. The molecule has 132 valence electrons. The second-order valence-electron chi connectivity index (χ2n) is 6.03. The van der Waals surface area contributed by atoms with Crippen molar-refractivity contribution in [1.29, 1.82) is 0 Å². The summed E-state index contributed by atoms with van der Waals surface area (Å²) in [6.07, 6.45) is -2.45. The van der Waals surface area contributed by atoms with Gasteiger partial charge in [0.15, 0.2) is 0 Å². The van der Waals surface area contributed by atoms with Gasteiger partial charge in [-0.3, -0.25) is 9.78 Å². The first-order valence-electron chi connectivity index (χ1n) is 7.99. The lowest BCUT2D eigenvalue weighted by molar-refractivity contribution is -0.139. The average molecular weight is 349 g/mol. The number of likely N-dealkylation sites (tertiary alicyclic amines) is 1. The lowest BCUT2D eigenvalue weighted by atomic mass is 10.1. The number of benzene rings is 1. The average Bonchev–Trinajstić information content (AvgIpc) is 2.93. The van der Waals surface area contributed by atoms with Crippen LogP contribution in [0.15, 0.2) is 48.7 Å². The zero-order chi connectivity index (χ0) is 17.9. The highest BCUT2D eigenvalue weighted by atomic mass is 19.4. The summed E-state index contributed by atoms with van der Waals surface area (Å²) in [6, 6.07) is 10.9. The highest BCUT2D eigenvalue weighted by Gasteiger charge is 2.35. The summed E-state index contributed by atoms with van der Waals surface area (Å²) in [4.78, 5) is 17.8. The van der Waals surface area contributed by atoms with Gasteiger partial charge in [0.2, 0.25) is 5.91 Å². The summed E-state index contributed by atoms with van der Waals surface area (Å²) in [5, 5.41) is 3.24. The number of aromatic nitrogens is 1. The number of amides is 1. The lowest BCUT2D eigenvalue weighted by Gasteiger charge is -2.20. The number of nitrogens with one attached hydrogen (secondary N) is 1. The second kappa shape index (κ2) is 7.23. The summed E-state index contributed by atoms with van der Waals surface area (Å²) in [5.74, 6) is -0.143. The molecule has 1 aliphatic heterocycles. The van der Waals surface area contributed by atoms with Crippen LogP contribution in [0.3, 0.4) is 0 Å². The van der Waals surface area contributed by atoms with Crippen LogP contribution >= 0.6 is 0 Å². The number of rotatable bonds is 5. The Morgan fingerprint density at radius 1 is 1.16 bits per heavy atom. The molecule has 4 nitrogen and oxygen atoms in total. The molecule has 3 rings (SSSR count). The van der Waals surface area contributed by atoms with Crippen molar-refractivity contribution in [1.82, 2.24) is 15.2 Å². The van der Waals surface area contributed by atoms with Crippen molar-refractivity contribution in [3.05, 3.63) is 65.5 Å². The predicted molar refractivity (Wildman–Crippen MR) is 86.3 cm³/mol. The Morgan fingerprint density at radius 2 is 1.92 bits per heavy atom. The summed E-state index contributed by atoms with van der Waals surface area (Å²) < 4.78 is 39.2. The first kappa shape index (κ1) is 17.4. The number of halogens is 3. The molecule has 2 heterocycles. The minimum absolute atomic E-state index is 0.0315. The zero-order valence-electron chi connectivity index (χ0n) is 13.5. The number of pyridine rings is 1. The van der Waals surface area contributed by atoms with Crippen molar-refractivity contribution >= 4 is 5.91 Å². The summed E-state index contributed by atoms with van der Waals surface area (Å²) in [7, 11) is 0. The van der Waals surface area contributed by atoms with Crippen molar-refractivity contribution in [2.24, 2.45) is 0 Å². The maximum atomic E-state index is 13.1. The van der Waals surface area contributed by atoms with Gasteiger partial charge in [0.1, 0.15) is 0 Å². The summed E-state index contributed by atoms with van der Waals surface area (Å²) in [6.45, 7) is 0.875. The van der Waals surface area contributed by atoms with E-state index in [-0.39, 0.29) is 30.5 Å². The van der Waals surface area contributed by atoms with Gasteiger partial charge in [-0.05, 0) is 23.8 Å². The molecule has 0 aliphatic carbocycles. The molecule has 0 saturated carbocycles. The van der Waals surface area contributed by atoms with E-state index in [0.29, 0.717) is 13.1 Å². The molecular formula is C18H18F3N3O. The third-order valence-electron chi connectivity index (χ3n) is 4.20. The number of hydrogen-bond donors (Lipinski definition) is 1. The van der Waals surface area contributed by atoms with Gasteiger partial charge >= 0.3 is 6.18 Å². The number of alkyl halides is 3. The molecule has 1 saturated heterocycles. The smallest absolute Gasteiger partial charge is 0.337 e. The second-order valence-corrected chi connectivity index (χ2v) is 6.03. The van der Waals surface area contributed by atoms with E-state index in [2.05, 4.69) is 10.3 Å². The lowest BCUT2D eigenvalue weighted by Crippen LogP contribution is -2.32. The fraction of sp³-hybridized carbons (Fsp3) is 0.333. The van der Waals surface area contributed by atoms with Crippen molar-refractivity contribution in [3.8, 4) is 0 Å². The number of hydrogen-bond acceptors (Lipinski definition) is 3. The van der Waals surface area contributed by atoms with Gasteiger partial charge in [0.25, 0.3) is 0 Å². The standard InChI is InChI=1S/C18H18F3N3O/c19-18(20,21)16-7-2-1-5-13(16)11-24-12-15(9-17(24)25)23-10-14-6-3-4-8-22-14/h1-8,15,23H,9-12H2/t15-/m1/s1. The van der Waals surface area contributed by atoms with E-state index in [0.717, 1.165) is 11.8 Å². The molecule has 1 amide bonds. The minimum Gasteiger partial charge on any atom is -0.337 e. The Kier molecular flexibility index (Phi) is 5.03. The van der Waals surface area contributed by atoms with E-state index in [1.165, 1.54) is 17.0 Å². The molecule has 0 radical (unpaired) electrons. The third kappa shape index (κ3) is 4.36. The minimum atomic E-state index is -4.42. The Hall–Kier alpha value is -2.41. The van der Waals surface area contributed by atoms with Gasteiger partial charge in [-0.2, -0.15) is 13.2 Å². The van der Waals surface area contributed by atoms with E-state index < -0.39 is 11.7 Å². The molecule has 7 heteroatoms. The van der Waals surface area contributed by atoms with Gasteiger partial charge in [0.05, 0.1) is 11.3 Å². The van der Waals surface area contributed by atoms with Gasteiger partial charge in [0, 0.05) is 38.3 Å². The van der Waals surface area contributed by atoms with Crippen molar-refractivity contribution in [3.63, 3.8) is 0 Å².